The van der Waals surface area contributed by atoms with Crippen molar-refractivity contribution in [1.29, 1.82) is 0 Å². The van der Waals surface area contributed by atoms with Crippen LogP contribution >= 0.6 is 0 Å². The lowest BCUT2D eigenvalue weighted by Gasteiger charge is -2.30. The summed E-state index contributed by atoms with van der Waals surface area (Å²) in [7, 11) is 0. The number of hydrogen-bond acceptors (Lipinski definition) is 3. The van der Waals surface area contributed by atoms with Gasteiger partial charge in [-0.15, -0.1) is 0 Å². The van der Waals surface area contributed by atoms with Crippen molar-refractivity contribution in [2.24, 2.45) is 17.6 Å². The van der Waals surface area contributed by atoms with Gasteiger partial charge in [-0.3, -0.25) is 4.90 Å². The van der Waals surface area contributed by atoms with Crippen molar-refractivity contribution >= 4 is 0 Å². The van der Waals surface area contributed by atoms with Crippen LogP contribution in [0.4, 0.5) is 0 Å². The topological polar surface area (TPSA) is 49.5 Å². The van der Waals surface area contributed by atoms with Gasteiger partial charge in [-0.1, -0.05) is 0 Å². The zero-order valence-electron chi connectivity index (χ0n) is 9.78. The molecule has 0 saturated heterocycles. The molecule has 0 spiro atoms. The molecular weight excluding hydrogens is 188 g/mol. The Kier molecular flexibility index (Phi) is 3.33. The summed E-state index contributed by atoms with van der Waals surface area (Å²) in [5, 5.41) is 9.99. The van der Waals surface area contributed by atoms with E-state index in [0.717, 1.165) is 18.4 Å². The van der Waals surface area contributed by atoms with Gasteiger partial charge < -0.3 is 10.8 Å². The van der Waals surface area contributed by atoms with Crippen LogP contribution in [0.1, 0.15) is 32.6 Å². The summed E-state index contributed by atoms with van der Waals surface area (Å²) in [5.74, 6) is 1.80. The lowest BCUT2D eigenvalue weighted by Crippen LogP contribution is -2.47. The van der Waals surface area contributed by atoms with Crippen LogP contribution in [0, 0.1) is 11.8 Å². The Balaban J connectivity index is 1.79. The maximum atomic E-state index is 9.99. The maximum absolute atomic E-state index is 9.99. The second-order valence-corrected chi connectivity index (χ2v) is 5.78. The van der Waals surface area contributed by atoms with E-state index in [9.17, 15) is 5.11 Å². The van der Waals surface area contributed by atoms with Crippen LogP contribution in [-0.4, -0.2) is 41.8 Å². The molecule has 2 aliphatic rings. The fourth-order valence-corrected chi connectivity index (χ4v) is 2.08. The fourth-order valence-electron chi connectivity index (χ4n) is 2.08. The molecule has 1 unspecified atom stereocenters. The first-order valence-corrected chi connectivity index (χ1v) is 6.24. The van der Waals surface area contributed by atoms with Crippen molar-refractivity contribution in [1.82, 2.24) is 4.90 Å². The number of hydrogen-bond donors (Lipinski definition) is 2. The van der Waals surface area contributed by atoms with Gasteiger partial charge in [-0.25, -0.2) is 0 Å². The Morgan fingerprint density at radius 2 is 1.67 bits per heavy atom. The van der Waals surface area contributed by atoms with E-state index < -0.39 is 5.60 Å². The molecule has 0 heterocycles. The lowest BCUT2D eigenvalue weighted by molar-refractivity contribution is 0.0245. The maximum Gasteiger partial charge on any atom is 0.0867 e. The number of aliphatic hydroxyl groups is 1. The van der Waals surface area contributed by atoms with Crippen molar-refractivity contribution in [3.8, 4) is 0 Å². The molecule has 0 aliphatic heterocycles. The van der Waals surface area contributed by atoms with Crippen LogP contribution in [0.25, 0.3) is 0 Å². The summed E-state index contributed by atoms with van der Waals surface area (Å²) >= 11 is 0. The summed E-state index contributed by atoms with van der Waals surface area (Å²) in [6.07, 6.45) is 5.52. The average molecular weight is 212 g/mol. The van der Waals surface area contributed by atoms with Gasteiger partial charge in [0.2, 0.25) is 0 Å². The molecule has 1 atom stereocenters. The molecule has 0 aromatic carbocycles. The summed E-state index contributed by atoms with van der Waals surface area (Å²) in [6, 6.07) is 0. The molecule has 0 aromatic rings. The Hall–Kier alpha value is -0.120. The third-order valence-corrected chi connectivity index (χ3v) is 3.43. The van der Waals surface area contributed by atoms with Gasteiger partial charge >= 0.3 is 0 Å². The molecule has 3 N–H and O–H groups in total. The highest BCUT2D eigenvalue weighted by Crippen LogP contribution is 2.34. The predicted octanol–water partition coefficient (Wildman–Crippen LogP) is 0.818. The highest BCUT2D eigenvalue weighted by molar-refractivity contribution is 4.86. The average Bonchev–Trinajstić information content (AvgIpc) is 2.99. The molecule has 0 amide bonds. The van der Waals surface area contributed by atoms with E-state index in [2.05, 4.69) is 4.90 Å². The Morgan fingerprint density at radius 3 is 2.00 bits per heavy atom. The molecule has 2 rings (SSSR count). The highest BCUT2D eigenvalue weighted by Gasteiger charge is 2.32. The van der Waals surface area contributed by atoms with Gasteiger partial charge in [0.1, 0.15) is 0 Å². The van der Waals surface area contributed by atoms with E-state index in [1.807, 2.05) is 6.92 Å². The molecule has 3 nitrogen and oxygen atoms in total. The van der Waals surface area contributed by atoms with Crippen LogP contribution in [0.3, 0.4) is 0 Å². The third kappa shape index (κ3) is 4.09. The summed E-state index contributed by atoms with van der Waals surface area (Å²) < 4.78 is 0. The van der Waals surface area contributed by atoms with E-state index >= 15 is 0 Å². The van der Waals surface area contributed by atoms with Gasteiger partial charge in [-0.05, 0) is 44.4 Å². The van der Waals surface area contributed by atoms with Crippen molar-refractivity contribution < 1.29 is 5.11 Å². The zero-order valence-corrected chi connectivity index (χ0v) is 9.78. The Bertz CT molecular complexity index is 196. The largest absolute Gasteiger partial charge is 0.388 e. The van der Waals surface area contributed by atoms with Gasteiger partial charge in [-0.2, -0.15) is 0 Å². The minimum absolute atomic E-state index is 0.360. The Labute approximate surface area is 92.6 Å². The standard InChI is InChI=1S/C12H24N2O/c1-12(15,8-13)9-14(6-10-2-3-10)7-11-4-5-11/h10-11,15H,2-9,13H2,1H3. The van der Waals surface area contributed by atoms with Crippen LogP contribution in [0.5, 0.6) is 0 Å². The number of nitrogens with two attached hydrogens (primary N) is 1. The molecule has 2 aliphatic carbocycles. The lowest BCUT2D eigenvalue weighted by atomic mass is 10.1. The van der Waals surface area contributed by atoms with Gasteiger partial charge in [0.15, 0.2) is 0 Å². The minimum atomic E-state index is -0.705. The molecule has 2 fully saturated rings. The summed E-state index contributed by atoms with van der Waals surface area (Å²) in [6.45, 7) is 5.30. The highest BCUT2D eigenvalue weighted by atomic mass is 16.3. The molecule has 0 radical (unpaired) electrons. The fraction of sp³-hybridized carbons (Fsp3) is 1.00. The second kappa shape index (κ2) is 4.40. The van der Waals surface area contributed by atoms with E-state index in [1.54, 1.807) is 0 Å². The van der Waals surface area contributed by atoms with Gasteiger partial charge in [0, 0.05) is 26.2 Å². The smallest absolute Gasteiger partial charge is 0.0867 e. The zero-order chi connectivity index (χ0) is 10.9. The SMILES string of the molecule is CC(O)(CN)CN(CC1CC1)CC1CC1. The number of rotatable bonds is 7. The normalized spacial score (nSPS) is 25.6. The molecule has 0 aromatic heterocycles. The van der Waals surface area contributed by atoms with Gasteiger partial charge in [0.05, 0.1) is 5.60 Å². The summed E-state index contributed by atoms with van der Waals surface area (Å²) in [4.78, 5) is 2.43. The van der Waals surface area contributed by atoms with Crippen molar-refractivity contribution in [2.45, 2.75) is 38.2 Å². The predicted molar refractivity (Wildman–Crippen MR) is 61.6 cm³/mol. The first kappa shape index (κ1) is 11.4. The quantitative estimate of drug-likeness (QED) is 0.657. The first-order valence-electron chi connectivity index (χ1n) is 6.24. The van der Waals surface area contributed by atoms with E-state index in [1.165, 1.54) is 38.8 Å². The third-order valence-electron chi connectivity index (χ3n) is 3.43. The van der Waals surface area contributed by atoms with Crippen molar-refractivity contribution in [3.63, 3.8) is 0 Å². The van der Waals surface area contributed by atoms with Crippen molar-refractivity contribution in [2.75, 3.05) is 26.2 Å². The molecular formula is C12H24N2O. The van der Waals surface area contributed by atoms with Gasteiger partial charge in [0.25, 0.3) is 0 Å². The molecule has 2 saturated carbocycles. The Morgan fingerprint density at radius 1 is 1.20 bits per heavy atom. The molecule has 15 heavy (non-hydrogen) atoms. The molecule has 88 valence electrons. The van der Waals surface area contributed by atoms with Crippen LogP contribution < -0.4 is 5.73 Å². The summed E-state index contributed by atoms with van der Waals surface area (Å²) in [5.41, 5.74) is 4.87. The minimum Gasteiger partial charge on any atom is -0.388 e. The van der Waals surface area contributed by atoms with Crippen LogP contribution in [0.2, 0.25) is 0 Å². The number of nitrogens with zero attached hydrogens (tertiary/aromatic N) is 1. The van der Waals surface area contributed by atoms with Crippen molar-refractivity contribution in [3.05, 3.63) is 0 Å². The van der Waals surface area contributed by atoms with Crippen LogP contribution in [-0.2, 0) is 0 Å². The van der Waals surface area contributed by atoms with E-state index in [4.69, 9.17) is 5.73 Å². The van der Waals surface area contributed by atoms with E-state index in [0.29, 0.717) is 6.54 Å². The molecule has 3 heteroatoms. The first-order chi connectivity index (χ1) is 7.09. The monoisotopic (exact) mass is 212 g/mol. The molecule has 0 bridgehead atoms. The second-order valence-electron chi connectivity index (χ2n) is 5.78. The van der Waals surface area contributed by atoms with Crippen LogP contribution in [0.15, 0.2) is 0 Å². The van der Waals surface area contributed by atoms with E-state index in [-0.39, 0.29) is 0 Å².